The molecule has 0 aliphatic carbocycles. The Morgan fingerprint density at radius 3 is 2.73 bits per heavy atom. The molecule has 6 heteroatoms. The van der Waals surface area contributed by atoms with Crippen LogP contribution in [0.4, 0.5) is 5.95 Å². The van der Waals surface area contributed by atoms with Gasteiger partial charge in [-0.05, 0) is 31.5 Å². The smallest absolute Gasteiger partial charge is 0.229 e. The predicted octanol–water partition coefficient (Wildman–Crippen LogP) is 2.71. The molecule has 1 aliphatic rings. The lowest BCUT2D eigenvalue weighted by Crippen LogP contribution is -2.29. The number of amides is 1. The first-order valence-corrected chi connectivity index (χ1v) is 7.77. The lowest BCUT2D eigenvalue weighted by atomic mass is 10.1. The van der Waals surface area contributed by atoms with Crippen LogP contribution in [0.3, 0.4) is 0 Å². The van der Waals surface area contributed by atoms with Gasteiger partial charge in [0.1, 0.15) is 0 Å². The number of carbonyl (C=O) groups is 1. The van der Waals surface area contributed by atoms with E-state index in [4.69, 9.17) is 5.73 Å². The standard InChI is InChI=1S/C16H22N4O.ClH/c17-10-6-2-1-3-9-15(21)20-12-11-19-14-8-5-4-7-13(14)18-16(19)20;/h4-5,7-8H,1-3,6,9-12,17H2;1H. The van der Waals surface area contributed by atoms with E-state index in [9.17, 15) is 4.79 Å². The molecule has 0 bridgehead atoms. The van der Waals surface area contributed by atoms with Gasteiger partial charge in [0.25, 0.3) is 0 Å². The summed E-state index contributed by atoms with van der Waals surface area (Å²) in [5.41, 5.74) is 7.56. The van der Waals surface area contributed by atoms with Gasteiger partial charge in [-0.15, -0.1) is 12.4 Å². The molecule has 120 valence electrons. The van der Waals surface area contributed by atoms with Crippen molar-refractivity contribution in [1.29, 1.82) is 0 Å². The molecule has 1 amide bonds. The Balaban J connectivity index is 0.00000176. The van der Waals surface area contributed by atoms with Crippen molar-refractivity contribution < 1.29 is 4.79 Å². The minimum absolute atomic E-state index is 0. The predicted molar refractivity (Wildman–Crippen MR) is 91.5 cm³/mol. The fraction of sp³-hybridized carbons (Fsp3) is 0.500. The molecule has 5 nitrogen and oxygen atoms in total. The third-order valence-corrected chi connectivity index (χ3v) is 4.07. The van der Waals surface area contributed by atoms with Gasteiger partial charge in [0, 0.05) is 19.5 Å². The Hall–Kier alpha value is -1.59. The van der Waals surface area contributed by atoms with E-state index in [1.807, 2.05) is 23.1 Å². The quantitative estimate of drug-likeness (QED) is 0.832. The highest BCUT2D eigenvalue weighted by molar-refractivity contribution is 5.94. The van der Waals surface area contributed by atoms with Crippen LogP contribution >= 0.6 is 12.4 Å². The van der Waals surface area contributed by atoms with E-state index in [0.29, 0.717) is 6.42 Å². The average molecular weight is 323 g/mol. The van der Waals surface area contributed by atoms with Crippen LogP contribution in [0.25, 0.3) is 11.0 Å². The molecule has 2 aromatic rings. The van der Waals surface area contributed by atoms with Gasteiger partial charge >= 0.3 is 0 Å². The summed E-state index contributed by atoms with van der Waals surface area (Å²) in [4.78, 5) is 18.8. The third kappa shape index (κ3) is 3.25. The number of hydrogen-bond acceptors (Lipinski definition) is 3. The van der Waals surface area contributed by atoms with Crippen LogP contribution < -0.4 is 10.6 Å². The molecule has 0 saturated carbocycles. The molecule has 2 N–H and O–H groups in total. The van der Waals surface area contributed by atoms with Crippen LogP contribution in [-0.2, 0) is 11.3 Å². The third-order valence-electron chi connectivity index (χ3n) is 4.07. The number of halogens is 1. The minimum Gasteiger partial charge on any atom is -0.330 e. The fourth-order valence-electron chi connectivity index (χ4n) is 2.93. The average Bonchev–Trinajstić information content (AvgIpc) is 3.05. The minimum atomic E-state index is 0. The molecular weight excluding hydrogens is 300 g/mol. The van der Waals surface area contributed by atoms with Crippen molar-refractivity contribution >= 4 is 35.3 Å². The maximum absolute atomic E-state index is 12.4. The molecule has 0 radical (unpaired) electrons. The van der Waals surface area contributed by atoms with Crippen molar-refractivity contribution in [2.75, 3.05) is 18.0 Å². The monoisotopic (exact) mass is 322 g/mol. The van der Waals surface area contributed by atoms with E-state index in [0.717, 1.165) is 62.3 Å². The van der Waals surface area contributed by atoms with E-state index in [2.05, 4.69) is 15.6 Å². The first-order chi connectivity index (χ1) is 10.3. The second-order valence-electron chi connectivity index (χ2n) is 5.55. The summed E-state index contributed by atoms with van der Waals surface area (Å²) in [6, 6.07) is 8.05. The second-order valence-corrected chi connectivity index (χ2v) is 5.55. The summed E-state index contributed by atoms with van der Waals surface area (Å²) >= 11 is 0. The molecule has 1 aliphatic heterocycles. The van der Waals surface area contributed by atoms with E-state index < -0.39 is 0 Å². The van der Waals surface area contributed by atoms with Gasteiger partial charge in [0.2, 0.25) is 11.9 Å². The zero-order valence-corrected chi connectivity index (χ0v) is 13.5. The molecule has 0 saturated heterocycles. The summed E-state index contributed by atoms with van der Waals surface area (Å²) in [5, 5.41) is 0. The SMILES string of the molecule is Cl.NCCCCCCC(=O)N1CCn2c1nc1ccccc12. The maximum atomic E-state index is 12.4. The normalized spacial score (nSPS) is 13.2. The highest BCUT2D eigenvalue weighted by atomic mass is 35.5. The van der Waals surface area contributed by atoms with Gasteiger partial charge in [0.15, 0.2) is 0 Å². The molecule has 0 atom stereocenters. The number of nitrogens with two attached hydrogens (primary N) is 1. The second kappa shape index (κ2) is 7.61. The number of para-hydroxylation sites is 2. The Kier molecular flexibility index (Phi) is 5.80. The van der Waals surface area contributed by atoms with Crippen molar-refractivity contribution in [3.63, 3.8) is 0 Å². The van der Waals surface area contributed by atoms with Crippen LogP contribution in [-0.4, -0.2) is 28.5 Å². The van der Waals surface area contributed by atoms with Gasteiger partial charge in [0.05, 0.1) is 11.0 Å². The van der Waals surface area contributed by atoms with Crippen molar-refractivity contribution in [3.05, 3.63) is 24.3 Å². The van der Waals surface area contributed by atoms with Gasteiger partial charge in [-0.3, -0.25) is 9.69 Å². The number of anilines is 1. The summed E-state index contributed by atoms with van der Waals surface area (Å²) < 4.78 is 2.14. The summed E-state index contributed by atoms with van der Waals surface area (Å²) in [6.45, 7) is 2.33. The number of nitrogens with zero attached hydrogens (tertiary/aromatic N) is 3. The van der Waals surface area contributed by atoms with Crippen LogP contribution in [0.5, 0.6) is 0 Å². The number of rotatable bonds is 6. The molecule has 0 spiro atoms. The maximum Gasteiger partial charge on any atom is 0.229 e. The lowest BCUT2D eigenvalue weighted by Gasteiger charge is -2.13. The van der Waals surface area contributed by atoms with Crippen LogP contribution in [0.15, 0.2) is 24.3 Å². The summed E-state index contributed by atoms with van der Waals surface area (Å²) in [7, 11) is 0. The molecule has 22 heavy (non-hydrogen) atoms. The fourth-order valence-corrected chi connectivity index (χ4v) is 2.93. The van der Waals surface area contributed by atoms with E-state index in [-0.39, 0.29) is 18.3 Å². The topological polar surface area (TPSA) is 64.2 Å². The van der Waals surface area contributed by atoms with Gasteiger partial charge < -0.3 is 10.3 Å². The molecular formula is C16H23ClN4O. The van der Waals surface area contributed by atoms with E-state index >= 15 is 0 Å². The number of aromatic nitrogens is 2. The molecule has 3 rings (SSSR count). The van der Waals surface area contributed by atoms with Crippen LogP contribution in [0.2, 0.25) is 0 Å². The lowest BCUT2D eigenvalue weighted by molar-refractivity contribution is -0.118. The number of fused-ring (bicyclic) bond motifs is 3. The Morgan fingerprint density at radius 1 is 1.14 bits per heavy atom. The first kappa shape index (κ1) is 16.8. The molecule has 0 unspecified atom stereocenters. The van der Waals surface area contributed by atoms with Crippen molar-refractivity contribution in [2.45, 2.75) is 38.6 Å². The van der Waals surface area contributed by atoms with Gasteiger partial charge in [-0.25, -0.2) is 4.98 Å². The number of benzene rings is 1. The zero-order valence-electron chi connectivity index (χ0n) is 12.7. The van der Waals surface area contributed by atoms with Crippen LogP contribution in [0.1, 0.15) is 32.1 Å². The Labute approximate surface area is 136 Å². The number of carbonyl (C=O) groups excluding carboxylic acids is 1. The summed E-state index contributed by atoms with van der Waals surface area (Å²) in [6.07, 6.45) is 4.78. The number of hydrogen-bond donors (Lipinski definition) is 1. The van der Waals surface area contributed by atoms with Crippen molar-refractivity contribution in [2.24, 2.45) is 5.73 Å². The highest BCUT2D eigenvalue weighted by Crippen LogP contribution is 2.27. The molecule has 1 aromatic carbocycles. The van der Waals surface area contributed by atoms with E-state index in [1.54, 1.807) is 0 Å². The van der Waals surface area contributed by atoms with Gasteiger partial charge in [-0.2, -0.15) is 0 Å². The highest BCUT2D eigenvalue weighted by Gasteiger charge is 2.27. The number of unbranched alkanes of at least 4 members (excludes halogenated alkanes) is 3. The number of imidazole rings is 1. The van der Waals surface area contributed by atoms with Gasteiger partial charge in [-0.1, -0.05) is 25.0 Å². The zero-order chi connectivity index (χ0) is 14.7. The molecule has 2 heterocycles. The Morgan fingerprint density at radius 2 is 1.91 bits per heavy atom. The van der Waals surface area contributed by atoms with E-state index in [1.165, 1.54) is 0 Å². The molecule has 0 fully saturated rings. The van der Waals surface area contributed by atoms with Crippen molar-refractivity contribution in [1.82, 2.24) is 9.55 Å². The largest absolute Gasteiger partial charge is 0.330 e. The summed E-state index contributed by atoms with van der Waals surface area (Å²) in [5.74, 6) is 1.000. The first-order valence-electron chi connectivity index (χ1n) is 7.77. The van der Waals surface area contributed by atoms with Crippen LogP contribution in [0, 0.1) is 0 Å². The van der Waals surface area contributed by atoms with Crippen molar-refractivity contribution in [3.8, 4) is 0 Å². The molecule has 1 aromatic heterocycles. The Bertz CT molecular complexity index is 640.